The number of halogens is 3. The number of hydrogen-bond acceptors (Lipinski definition) is 3. The molecule has 0 aromatic carbocycles. The van der Waals surface area contributed by atoms with Crippen LogP contribution in [0.15, 0.2) is 11.8 Å². The molecule has 18 heavy (non-hydrogen) atoms. The number of likely N-dealkylation sites (N-methyl/N-ethyl adjacent to an activating group) is 1. The van der Waals surface area contributed by atoms with Gasteiger partial charge >= 0.3 is 6.18 Å². The lowest BCUT2D eigenvalue weighted by Gasteiger charge is -2.42. The molecule has 0 N–H and O–H groups in total. The largest absolute Gasteiger partial charge is 0.409 e. The summed E-state index contributed by atoms with van der Waals surface area (Å²) < 4.78 is 38.6. The maximum atomic E-state index is 12.9. The Morgan fingerprint density at radius 3 is 2.17 bits per heavy atom. The molecule has 2 aliphatic rings. The highest BCUT2D eigenvalue weighted by atomic mass is 19.4. The van der Waals surface area contributed by atoms with Gasteiger partial charge in [-0.1, -0.05) is 0 Å². The summed E-state index contributed by atoms with van der Waals surface area (Å²) in [6.07, 6.45) is -1.05. The van der Waals surface area contributed by atoms with Gasteiger partial charge in [-0.25, -0.2) is 5.01 Å². The lowest BCUT2D eigenvalue weighted by atomic mass is 10.0. The summed E-state index contributed by atoms with van der Waals surface area (Å²) in [6.45, 7) is 3.65. The predicted octanol–water partition coefficient (Wildman–Crippen LogP) is 2.08. The van der Waals surface area contributed by atoms with E-state index in [1.54, 1.807) is 6.92 Å². The number of likely N-dealkylation sites (tertiary alicyclic amines) is 1. The van der Waals surface area contributed by atoms with Crippen molar-refractivity contribution < 1.29 is 13.2 Å². The standard InChI is InChI=1S/C12H20F3N3/c1-9-8-11(12(13,14)15)17(3)18(9)10-4-6-16(2)7-5-10/h8,10-11H,4-7H2,1-3H3. The van der Waals surface area contributed by atoms with Crippen LogP contribution >= 0.6 is 0 Å². The lowest BCUT2D eigenvalue weighted by Crippen LogP contribution is -2.52. The summed E-state index contributed by atoms with van der Waals surface area (Å²) in [6, 6.07) is -1.29. The number of rotatable bonds is 1. The zero-order chi connectivity index (χ0) is 13.5. The SMILES string of the molecule is CC1=CC(C(F)(F)F)N(C)N1C1CCN(C)CC1. The van der Waals surface area contributed by atoms with E-state index in [4.69, 9.17) is 0 Å². The molecule has 3 nitrogen and oxygen atoms in total. The van der Waals surface area contributed by atoms with Gasteiger partial charge in [-0.2, -0.15) is 13.2 Å². The van der Waals surface area contributed by atoms with Gasteiger partial charge in [0, 0.05) is 18.8 Å². The van der Waals surface area contributed by atoms with Crippen LogP contribution in [-0.4, -0.2) is 60.4 Å². The fourth-order valence-corrected chi connectivity index (χ4v) is 2.89. The molecule has 1 saturated heterocycles. The molecule has 1 atom stereocenters. The Morgan fingerprint density at radius 2 is 1.72 bits per heavy atom. The Bertz CT molecular complexity index is 332. The number of piperidine rings is 1. The molecule has 2 aliphatic heterocycles. The van der Waals surface area contributed by atoms with Crippen molar-refractivity contribution in [2.75, 3.05) is 27.2 Å². The van der Waals surface area contributed by atoms with E-state index >= 15 is 0 Å². The molecule has 0 aliphatic carbocycles. The van der Waals surface area contributed by atoms with E-state index in [1.165, 1.54) is 18.1 Å². The second-order valence-electron chi connectivity index (χ2n) is 5.25. The Balaban J connectivity index is 2.09. The quantitative estimate of drug-likeness (QED) is 0.717. The van der Waals surface area contributed by atoms with Crippen molar-refractivity contribution in [2.45, 2.75) is 38.0 Å². The van der Waals surface area contributed by atoms with Gasteiger partial charge in [-0.15, -0.1) is 0 Å². The van der Waals surface area contributed by atoms with Gasteiger partial charge in [-0.3, -0.25) is 0 Å². The fraction of sp³-hybridized carbons (Fsp3) is 0.833. The first kappa shape index (κ1) is 13.7. The first-order valence-corrected chi connectivity index (χ1v) is 6.26. The smallest absolute Gasteiger partial charge is 0.307 e. The van der Waals surface area contributed by atoms with Gasteiger partial charge in [0.1, 0.15) is 6.04 Å². The number of alkyl halides is 3. The van der Waals surface area contributed by atoms with Crippen molar-refractivity contribution in [1.82, 2.24) is 14.9 Å². The van der Waals surface area contributed by atoms with Crippen LogP contribution in [0.4, 0.5) is 13.2 Å². The summed E-state index contributed by atoms with van der Waals surface area (Å²) in [5.41, 5.74) is 0.717. The average Bonchev–Trinajstić information content (AvgIpc) is 2.56. The van der Waals surface area contributed by atoms with Crippen molar-refractivity contribution in [3.8, 4) is 0 Å². The summed E-state index contributed by atoms with van der Waals surface area (Å²) in [4.78, 5) is 2.22. The first-order valence-electron chi connectivity index (χ1n) is 6.26. The highest BCUT2D eigenvalue weighted by Gasteiger charge is 2.47. The molecule has 0 radical (unpaired) electrons. The number of hydrogen-bond donors (Lipinski definition) is 0. The highest BCUT2D eigenvalue weighted by molar-refractivity contribution is 5.13. The summed E-state index contributed by atoms with van der Waals surface area (Å²) in [7, 11) is 3.58. The molecule has 1 fully saturated rings. The van der Waals surface area contributed by atoms with Crippen molar-refractivity contribution in [3.05, 3.63) is 11.8 Å². The van der Waals surface area contributed by atoms with E-state index < -0.39 is 12.2 Å². The second kappa shape index (κ2) is 4.74. The zero-order valence-corrected chi connectivity index (χ0v) is 11.0. The molecule has 6 heteroatoms. The van der Waals surface area contributed by atoms with Gasteiger partial charge in [-0.05, 0) is 46.0 Å². The van der Waals surface area contributed by atoms with E-state index in [1.807, 2.05) is 12.1 Å². The Kier molecular flexibility index (Phi) is 3.60. The Labute approximate surface area is 106 Å². The topological polar surface area (TPSA) is 9.72 Å². The van der Waals surface area contributed by atoms with Crippen molar-refractivity contribution >= 4 is 0 Å². The second-order valence-corrected chi connectivity index (χ2v) is 5.25. The van der Waals surface area contributed by atoms with E-state index in [0.717, 1.165) is 31.6 Å². The molecular weight excluding hydrogens is 243 g/mol. The van der Waals surface area contributed by atoms with Crippen LogP contribution in [-0.2, 0) is 0 Å². The molecule has 0 spiro atoms. The molecule has 2 rings (SSSR count). The van der Waals surface area contributed by atoms with Crippen LogP contribution in [0.3, 0.4) is 0 Å². The number of allylic oxidation sites excluding steroid dienone is 1. The molecule has 104 valence electrons. The van der Waals surface area contributed by atoms with Gasteiger partial charge in [0.05, 0.1) is 0 Å². The van der Waals surface area contributed by atoms with Gasteiger partial charge in [0.15, 0.2) is 0 Å². The zero-order valence-electron chi connectivity index (χ0n) is 11.0. The van der Waals surface area contributed by atoms with Gasteiger partial charge < -0.3 is 9.91 Å². The van der Waals surface area contributed by atoms with Gasteiger partial charge in [0.25, 0.3) is 0 Å². The van der Waals surface area contributed by atoms with E-state index in [-0.39, 0.29) is 6.04 Å². The maximum absolute atomic E-state index is 12.9. The summed E-state index contributed by atoms with van der Waals surface area (Å²) >= 11 is 0. The van der Waals surface area contributed by atoms with Crippen LogP contribution < -0.4 is 0 Å². The fourth-order valence-electron chi connectivity index (χ4n) is 2.89. The Morgan fingerprint density at radius 1 is 1.17 bits per heavy atom. The molecule has 0 amide bonds. The van der Waals surface area contributed by atoms with E-state index in [0.29, 0.717) is 0 Å². The molecular formula is C12H20F3N3. The molecule has 2 heterocycles. The Hall–Kier alpha value is -0.750. The predicted molar refractivity (Wildman–Crippen MR) is 63.7 cm³/mol. The molecule has 0 aromatic heterocycles. The molecule has 0 saturated carbocycles. The summed E-state index contributed by atoms with van der Waals surface area (Å²) in [5, 5.41) is 3.16. The first-order chi connectivity index (χ1) is 8.30. The maximum Gasteiger partial charge on any atom is 0.409 e. The lowest BCUT2D eigenvalue weighted by molar-refractivity contribution is -0.193. The monoisotopic (exact) mass is 263 g/mol. The van der Waals surface area contributed by atoms with Crippen molar-refractivity contribution in [2.24, 2.45) is 0 Å². The van der Waals surface area contributed by atoms with Crippen LogP contribution in [0.5, 0.6) is 0 Å². The normalized spacial score (nSPS) is 28.9. The molecule has 0 bridgehead atoms. The van der Waals surface area contributed by atoms with Gasteiger partial charge in [0.2, 0.25) is 0 Å². The van der Waals surface area contributed by atoms with Crippen molar-refractivity contribution in [3.63, 3.8) is 0 Å². The minimum Gasteiger partial charge on any atom is -0.307 e. The average molecular weight is 263 g/mol. The number of nitrogens with zero attached hydrogens (tertiary/aromatic N) is 3. The highest BCUT2D eigenvalue weighted by Crippen LogP contribution is 2.35. The van der Waals surface area contributed by atoms with Crippen LogP contribution in [0, 0.1) is 0 Å². The summed E-state index contributed by atoms with van der Waals surface area (Å²) in [5.74, 6) is 0. The van der Waals surface area contributed by atoms with Crippen molar-refractivity contribution in [1.29, 1.82) is 0 Å². The number of hydrazine groups is 1. The third kappa shape index (κ3) is 2.49. The minimum atomic E-state index is -4.20. The third-order valence-electron chi connectivity index (χ3n) is 3.87. The minimum absolute atomic E-state index is 0.190. The van der Waals surface area contributed by atoms with Crippen LogP contribution in [0.25, 0.3) is 0 Å². The van der Waals surface area contributed by atoms with Crippen LogP contribution in [0.1, 0.15) is 19.8 Å². The van der Waals surface area contributed by atoms with Crippen LogP contribution in [0.2, 0.25) is 0 Å². The molecule has 0 aromatic rings. The van der Waals surface area contributed by atoms with E-state index in [9.17, 15) is 13.2 Å². The molecule has 1 unspecified atom stereocenters. The van der Waals surface area contributed by atoms with E-state index in [2.05, 4.69) is 4.90 Å². The third-order valence-corrected chi connectivity index (χ3v) is 3.87.